The average molecular weight is 407 g/mol. The van der Waals surface area contributed by atoms with Crippen molar-refractivity contribution in [2.24, 2.45) is 5.92 Å². The fourth-order valence-electron chi connectivity index (χ4n) is 3.68. The quantitative estimate of drug-likeness (QED) is 0.677. The normalized spacial score (nSPS) is 15.1. The number of nitrogens with one attached hydrogen (secondary N) is 1. The molecular weight excluding hydrogens is 376 g/mol. The van der Waals surface area contributed by atoms with Gasteiger partial charge in [0.2, 0.25) is 5.95 Å². The van der Waals surface area contributed by atoms with E-state index in [1.807, 2.05) is 0 Å². The summed E-state index contributed by atoms with van der Waals surface area (Å²) in [6.45, 7) is 9.24. The van der Waals surface area contributed by atoms with Crippen LogP contribution < -0.4 is 15.8 Å². The van der Waals surface area contributed by atoms with E-state index >= 15 is 0 Å². The van der Waals surface area contributed by atoms with Crippen LogP contribution >= 0.6 is 0 Å². The van der Waals surface area contributed by atoms with Crippen LogP contribution in [0.15, 0.2) is 47.4 Å². The molecule has 0 atom stereocenters. The third-order valence-electron chi connectivity index (χ3n) is 5.65. The molecule has 0 amide bonds. The number of aryl methyl sites for hydroxylation is 1. The lowest BCUT2D eigenvalue weighted by Gasteiger charge is -2.34. The summed E-state index contributed by atoms with van der Waals surface area (Å²) < 4.78 is 1.75. The van der Waals surface area contributed by atoms with Crippen LogP contribution in [-0.4, -0.2) is 52.7 Å². The van der Waals surface area contributed by atoms with Gasteiger partial charge >= 0.3 is 0 Å². The first-order chi connectivity index (χ1) is 14.5. The van der Waals surface area contributed by atoms with Crippen LogP contribution in [0.2, 0.25) is 0 Å². The predicted molar refractivity (Wildman–Crippen MR) is 123 cm³/mol. The SMILES string of the molecule is CC(C)CCn1c(=O)ccc2cnc(Nc3ccc(N4CCN(C)CC4)cc3)nc21. The molecule has 7 nitrogen and oxygen atoms in total. The monoisotopic (exact) mass is 406 g/mol. The standard InChI is InChI=1S/C23H30N6O/c1-17(2)10-11-29-21(30)9-4-18-16-24-23(26-22(18)29)25-19-5-7-20(8-6-19)28-14-12-27(3)13-15-28/h4-9,16-17H,10-15H2,1-3H3,(H,24,25,26). The Kier molecular flexibility index (Phi) is 5.99. The number of anilines is 3. The number of aromatic nitrogens is 3. The molecule has 0 spiro atoms. The molecule has 3 aromatic rings. The van der Waals surface area contributed by atoms with Gasteiger partial charge in [0.25, 0.3) is 5.56 Å². The molecule has 3 heterocycles. The van der Waals surface area contributed by atoms with E-state index < -0.39 is 0 Å². The number of piperazine rings is 1. The summed E-state index contributed by atoms with van der Waals surface area (Å²) in [7, 11) is 2.16. The fraction of sp³-hybridized carbons (Fsp3) is 0.435. The van der Waals surface area contributed by atoms with E-state index in [0.29, 0.717) is 24.1 Å². The van der Waals surface area contributed by atoms with Crippen molar-refractivity contribution in [2.45, 2.75) is 26.8 Å². The minimum Gasteiger partial charge on any atom is -0.369 e. The summed E-state index contributed by atoms with van der Waals surface area (Å²) in [4.78, 5) is 26.2. The highest BCUT2D eigenvalue weighted by Crippen LogP contribution is 2.21. The molecule has 4 rings (SSSR count). The van der Waals surface area contributed by atoms with Crippen LogP contribution in [-0.2, 0) is 6.54 Å². The van der Waals surface area contributed by atoms with Gasteiger partial charge in [-0.25, -0.2) is 4.98 Å². The van der Waals surface area contributed by atoms with Crippen LogP contribution in [0.3, 0.4) is 0 Å². The van der Waals surface area contributed by atoms with Crippen molar-refractivity contribution in [2.75, 3.05) is 43.4 Å². The van der Waals surface area contributed by atoms with Gasteiger partial charge in [-0.05, 0) is 49.7 Å². The van der Waals surface area contributed by atoms with Gasteiger partial charge in [-0.15, -0.1) is 0 Å². The molecule has 0 bridgehead atoms. The van der Waals surface area contributed by atoms with Crippen molar-refractivity contribution in [3.8, 4) is 0 Å². The summed E-state index contributed by atoms with van der Waals surface area (Å²) in [5, 5.41) is 4.15. The number of nitrogens with zero attached hydrogens (tertiary/aromatic N) is 5. The van der Waals surface area contributed by atoms with Gasteiger partial charge < -0.3 is 15.1 Å². The highest BCUT2D eigenvalue weighted by atomic mass is 16.1. The number of pyridine rings is 1. The minimum absolute atomic E-state index is 0.0238. The van der Waals surface area contributed by atoms with E-state index in [1.165, 1.54) is 5.69 Å². The first-order valence-corrected chi connectivity index (χ1v) is 10.7. The Hall–Kier alpha value is -2.93. The number of hydrogen-bond donors (Lipinski definition) is 1. The molecular formula is C23H30N6O. The van der Waals surface area contributed by atoms with E-state index in [4.69, 9.17) is 0 Å². The Balaban J connectivity index is 1.53. The van der Waals surface area contributed by atoms with Crippen molar-refractivity contribution in [1.29, 1.82) is 0 Å². The van der Waals surface area contributed by atoms with Gasteiger partial charge in [-0.1, -0.05) is 13.8 Å². The third-order valence-corrected chi connectivity index (χ3v) is 5.65. The van der Waals surface area contributed by atoms with Crippen LogP contribution in [0.25, 0.3) is 11.0 Å². The van der Waals surface area contributed by atoms with Gasteiger partial charge in [0.15, 0.2) is 0 Å². The minimum atomic E-state index is -0.0238. The van der Waals surface area contributed by atoms with Crippen molar-refractivity contribution in [3.05, 3.63) is 52.9 Å². The second kappa shape index (κ2) is 8.83. The van der Waals surface area contributed by atoms with Gasteiger partial charge in [-0.2, -0.15) is 4.98 Å². The number of fused-ring (bicyclic) bond motifs is 1. The summed E-state index contributed by atoms with van der Waals surface area (Å²) in [6.07, 6.45) is 2.70. The van der Waals surface area contributed by atoms with E-state index in [9.17, 15) is 4.79 Å². The fourth-order valence-corrected chi connectivity index (χ4v) is 3.68. The number of benzene rings is 1. The maximum atomic E-state index is 12.4. The Bertz CT molecular complexity index is 1050. The third kappa shape index (κ3) is 4.62. The zero-order valence-corrected chi connectivity index (χ0v) is 18.0. The summed E-state index contributed by atoms with van der Waals surface area (Å²) >= 11 is 0. The van der Waals surface area contributed by atoms with Crippen molar-refractivity contribution in [3.63, 3.8) is 0 Å². The van der Waals surface area contributed by atoms with Gasteiger partial charge in [-0.3, -0.25) is 9.36 Å². The molecule has 2 aromatic heterocycles. The molecule has 1 aliphatic heterocycles. The molecule has 30 heavy (non-hydrogen) atoms. The summed E-state index contributed by atoms with van der Waals surface area (Å²) in [5.74, 6) is 1.02. The number of likely N-dealkylation sites (N-methyl/N-ethyl adjacent to an activating group) is 1. The lowest BCUT2D eigenvalue weighted by Crippen LogP contribution is -2.44. The molecule has 1 N–H and O–H groups in total. The Morgan fingerprint density at radius 2 is 1.77 bits per heavy atom. The maximum absolute atomic E-state index is 12.4. The molecule has 0 radical (unpaired) electrons. The zero-order valence-electron chi connectivity index (χ0n) is 18.0. The van der Waals surface area contributed by atoms with E-state index in [0.717, 1.165) is 43.7 Å². The van der Waals surface area contributed by atoms with E-state index in [-0.39, 0.29) is 5.56 Å². The van der Waals surface area contributed by atoms with Crippen molar-refractivity contribution < 1.29 is 0 Å². The van der Waals surface area contributed by atoms with E-state index in [2.05, 4.69) is 70.2 Å². The number of hydrogen-bond acceptors (Lipinski definition) is 6. The first kappa shape index (κ1) is 20.3. The Morgan fingerprint density at radius 1 is 1.03 bits per heavy atom. The number of rotatable bonds is 6. The highest BCUT2D eigenvalue weighted by molar-refractivity contribution is 5.75. The average Bonchev–Trinajstić information content (AvgIpc) is 2.74. The van der Waals surface area contributed by atoms with Crippen LogP contribution in [0.4, 0.5) is 17.3 Å². The van der Waals surface area contributed by atoms with Crippen molar-refractivity contribution >= 4 is 28.4 Å². The molecule has 1 aliphatic rings. The lowest BCUT2D eigenvalue weighted by atomic mass is 10.1. The first-order valence-electron chi connectivity index (χ1n) is 10.7. The molecule has 0 aliphatic carbocycles. The second-order valence-electron chi connectivity index (χ2n) is 8.44. The van der Waals surface area contributed by atoms with Crippen molar-refractivity contribution in [1.82, 2.24) is 19.4 Å². The Labute approximate surface area is 177 Å². The van der Waals surface area contributed by atoms with Gasteiger partial charge in [0, 0.05) is 61.7 Å². The summed E-state index contributed by atoms with van der Waals surface area (Å²) in [5.41, 5.74) is 2.81. The molecule has 0 saturated carbocycles. The van der Waals surface area contributed by atoms with Crippen LogP contribution in [0.5, 0.6) is 0 Å². The largest absolute Gasteiger partial charge is 0.369 e. The smallest absolute Gasteiger partial charge is 0.252 e. The van der Waals surface area contributed by atoms with E-state index in [1.54, 1.807) is 22.9 Å². The molecule has 1 saturated heterocycles. The molecule has 1 aromatic carbocycles. The van der Waals surface area contributed by atoms with Gasteiger partial charge in [0.05, 0.1) is 0 Å². The topological polar surface area (TPSA) is 66.3 Å². The Morgan fingerprint density at radius 3 is 2.47 bits per heavy atom. The van der Waals surface area contributed by atoms with Gasteiger partial charge in [0.1, 0.15) is 5.65 Å². The second-order valence-corrected chi connectivity index (χ2v) is 8.44. The predicted octanol–water partition coefficient (Wildman–Crippen LogP) is 3.33. The van der Waals surface area contributed by atoms with Crippen LogP contribution in [0, 0.1) is 5.92 Å². The highest BCUT2D eigenvalue weighted by Gasteiger charge is 2.14. The zero-order chi connectivity index (χ0) is 21.1. The molecule has 1 fully saturated rings. The molecule has 0 unspecified atom stereocenters. The molecule has 7 heteroatoms. The summed E-state index contributed by atoms with van der Waals surface area (Å²) in [6, 6.07) is 11.8. The van der Waals surface area contributed by atoms with Crippen LogP contribution in [0.1, 0.15) is 20.3 Å². The molecule has 158 valence electrons. The lowest BCUT2D eigenvalue weighted by molar-refractivity contribution is 0.313. The maximum Gasteiger partial charge on any atom is 0.252 e.